The van der Waals surface area contributed by atoms with Crippen LogP contribution in [0.2, 0.25) is 0 Å². The first-order valence-electron chi connectivity index (χ1n) is 8.21. The molecule has 0 amide bonds. The Labute approximate surface area is 122 Å². The Morgan fingerprint density at radius 3 is 1.75 bits per heavy atom. The van der Waals surface area contributed by atoms with Crippen molar-refractivity contribution in [1.82, 2.24) is 0 Å². The molecule has 0 radical (unpaired) electrons. The van der Waals surface area contributed by atoms with Gasteiger partial charge in [0.05, 0.1) is 0 Å². The summed E-state index contributed by atoms with van der Waals surface area (Å²) in [6.07, 6.45) is 12.4. The third-order valence-corrected chi connectivity index (χ3v) is 5.41. The Bertz CT molecular complexity index is 334. The molecule has 2 fully saturated rings. The lowest BCUT2D eigenvalue weighted by Crippen LogP contribution is -2.48. The van der Waals surface area contributed by atoms with E-state index in [1.807, 2.05) is 0 Å². The lowest BCUT2D eigenvalue weighted by Gasteiger charge is -2.46. The SMILES string of the molecule is C=C(N)C(=O)OC(C)(C1CCCCC1)C1CCCCC1. The average Bonchev–Trinajstić information content (AvgIpc) is 2.48. The summed E-state index contributed by atoms with van der Waals surface area (Å²) in [5.41, 5.74) is 5.22. The van der Waals surface area contributed by atoms with Crippen LogP contribution in [-0.4, -0.2) is 11.6 Å². The molecule has 3 nitrogen and oxygen atoms in total. The fourth-order valence-corrected chi connectivity index (χ4v) is 4.12. The molecule has 2 aliphatic carbocycles. The van der Waals surface area contributed by atoms with Crippen LogP contribution in [-0.2, 0) is 9.53 Å². The van der Waals surface area contributed by atoms with Crippen molar-refractivity contribution in [2.45, 2.75) is 76.7 Å². The van der Waals surface area contributed by atoms with Crippen LogP contribution < -0.4 is 5.73 Å². The smallest absolute Gasteiger partial charge is 0.354 e. The summed E-state index contributed by atoms with van der Waals surface area (Å²) in [7, 11) is 0. The zero-order valence-corrected chi connectivity index (χ0v) is 12.8. The molecule has 2 saturated carbocycles. The Morgan fingerprint density at radius 2 is 1.40 bits per heavy atom. The summed E-state index contributed by atoms with van der Waals surface area (Å²) >= 11 is 0. The molecule has 0 spiro atoms. The second kappa shape index (κ2) is 6.64. The molecule has 0 aliphatic heterocycles. The second-order valence-electron chi connectivity index (χ2n) is 6.77. The van der Waals surface area contributed by atoms with Gasteiger partial charge >= 0.3 is 5.97 Å². The van der Waals surface area contributed by atoms with Gasteiger partial charge in [-0.1, -0.05) is 45.1 Å². The maximum atomic E-state index is 12.0. The van der Waals surface area contributed by atoms with Crippen molar-refractivity contribution in [3.8, 4) is 0 Å². The van der Waals surface area contributed by atoms with Crippen LogP contribution in [0.4, 0.5) is 0 Å². The number of carbonyl (C=O) groups is 1. The van der Waals surface area contributed by atoms with Gasteiger partial charge in [0.2, 0.25) is 0 Å². The molecule has 0 aromatic heterocycles. The number of nitrogens with two attached hydrogens (primary N) is 1. The fraction of sp³-hybridized carbons (Fsp3) is 0.824. The van der Waals surface area contributed by atoms with E-state index in [1.54, 1.807) is 0 Å². The first-order chi connectivity index (χ1) is 9.54. The highest BCUT2D eigenvalue weighted by atomic mass is 16.6. The van der Waals surface area contributed by atoms with E-state index in [4.69, 9.17) is 10.5 Å². The van der Waals surface area contributed by atoms with Gasteiger partial charge in [-0.3, -0.25) is 0 Å². The molecular weight excluding hydrogens is 250 g/mol. The molecule has 114 valence electrons. The van der Waals surface area contributed by atoms with Gasteiger partial charge in [-0.15, -0.1) is 0 Å². The molecule has 0 saturated heterocycles. The van der Waals surface area contributed by atoms with Crippen molar-refractivity contribution in [3.05, 3.63) is 12.3 Å². The van der Waals surface area contributed by atoms with Gasteiger partial charge in [0, 0.05) is 0 Å². The summed E-state index contributed by atoms with van der Waals surface area (Å²) < 4.78 is 5.91. The lowest BCUT2D eigenvalue weighted by atomic mass is 9.67. The highest BCUT2D eigenvalue weighted by molar-refractivity contribution is 5.86. The van der Waals surface area contributed by atoms with E-state index >= 15 is 0 Å². The summed E-state index contributed by atoms with van der Waals surface area (Å²) in [6, 6.07) is 0. The quantitative estimate of drug-likeness (QED) is 0.627. The van der Waals surface area contributed by atoms with Gasteiger partial charge in [-0.25, -0.2) is 4.79 Å². The number of carbonyl (C=O) groups excluding carboxylic acids is 1. The van der Waals surface area contributed by atoms with E-state index in [0.29, 0.717) is 11.8 Å². The first kappa shape index (κ1) is 15.4. The van der Waals surface area contributed by atoms with Gasteiger partial charge in [-0.05, 0) is 44.4 Å². The molecule has 20 heavy (non-hydrogen) atoms. The molecule has 0 aromatic rings. The molecule has 2 rings (SSSR count). The van der Waals surface area contributed by atoms with E-state index in [-0.39, 0.29) is 11.3 Å². The predicted molar refractivity (Wildman–Crippen MR) is 81.0 cm³/mol. The standard InChI is InChI=1S/C17H29NO2/c1-13(18)16(19)20-17(2,14-9-5-3-6-10-14)15-11-7-4-8-12-15/h14-15H,1,3-12,18H2,2H3. The van der Waals surface area contributed by atoms with E-state index in [9.17, 15) is 4.79 Å². The third-order valence-electron chi connectivity index (χ3n) is 5.41. The molecule has 0 aromatic carbocycles. The van der Waals surface area contributed by atoms with Crippen molar-refractivity contribution in [2.24, 2.45) is 17.6 Å². The highest BCUT2D eigenvalue weighted by Gasteiger charge is 2.45. The van der Waals surface area contributed by atoms with Crippen molar-refractivity contribution in [1.29, 1.82) is 0 Å². The average molecular weight is 279 g/mol. The van der Waals surface area contributed by atoms with Crippen molar-refractivity contribution >= 4 is 5.97 Å². The summed E-state index contributed by atoms with van der Waals surface area (Å²) in [5, 5.41) is 0. The van der Waals surface area contributed by atoms with E-state index in [0.717, 1.165) is 0 Å². The second-order valence-corrected chi connectivity index (χ2v) is 6.77. The molecule has 2 aliphatic rings. The number of hydrogen-bond acceptors (Lipinski definition) is 3. The normalized spacial score (nSPS) is 22.4. The van der Waals surface area contributed by atoms with Crippen molar-refractivity contribution < 1.29 is 9.53 Å². The lowest BCUT2D eigenvalue weighted by molar-refractivity contribution is -0.171. The number of hydrogen-bond donors (Lipinski definition) is 1. The van der Waals surface area contributed by atoms with Crippen LogP contribution in [0.5, 0.6) is 0 Å². The van der Waals surface area contributed by atoms with Gasteiger partial charge in [0.1, 0.15) is 11.3 Å². The zero-order valence-electron chi connectivity index (χ0n) is 12.8. The monoisotopic (exact) mass is 279 g/mol. The van der Waals surface area contributed by atoms with Crippen LogP contribution in [0, 0.1) is 11.8 Å². The minimum absolute atomic E-state index is 0.0304. The van der Waals surface area contributed by atoms with Gasteiger partial charge < -0.3 is 10.5 Å². The Balaban J connectivity index is 2.16. The van der Waals surface area contributed by atoms with Gasteiger partial charge in [0.25, 0.3) is 0 Å². The Morgan fingerprint density at radius 1 is 1.00 bits per heavy atom. The molecular formula is C17H29NO2. The zero-order chi connectivity index (χ0) is 14.6. The van der Waals surface area contributed by atoms with Crippen LogP contribution in [0.25, 0.3) is 0 Å². The molecule has 2 N–H and O–H groups in total. The Hall–Kier alpha value is -0.990. The van der Waals surface area contributed by atoms with Gasteiger partial charge in [-0.2, -0.15) is 0 Å². The van der Waals surface area contributed by atoms with Crippen LogP contribution >= 0.6 is 0 Å². The van der Waals surface area contributed by atoms with Gasteiger partial charge in [0.15, 0.2) is 0 Å². The van der Waals surface area contributed by atoms with Crippen molar-refractivity contribution in [3.63, 3.8) is 0 Å². The number of esters is 1. The maximum absolute atomic E-state index is 12.0. The molecule has 3 heteroatoms. The predicted octanol–water partition coefficient (Wildman–Crippen LogP) is 3.92. The number of rotatable bonds is 4. The maximum Gasteiger partial charge on any atom is 0.354 e. The summed E-state index contributed by atoms with van der Waals surface area (Å²) in [5.74, 6) is 0.564. The fourth-order valence-electron chi connectivity index (χ4n) is 4.12. The molecule has 0 unspecified atom stereocenters. The first-order valence-corrected chi connectivity index (χ1v) is 8.21. The summed E-state index contributed by atoms with van der Waals surface area (Å²) in [6.45, 7) is 5.69. The highest BCUT2D eigenvalue weighted by Crippen LogP contribution is 2.45. The minimum Gasteiger partial charge on any atom is -0.454 e. The van der Waals surface area contributed by atoms with Crippen LogP contribution in [0.15, 0.2) is 12.3 Å². The third kappa shape index (κ3) is 3.36. The van der Waals surface area contributed by atoms with E-state index < -0.39 is 5.97 Å². The largest absolute Gasteiger partial charge is 0.454 e. The van der Waals surface area contributed by atoms with E-state index in [1.165, 1.54) is 64.2 Å². The number of ether oxygens (including phenoxy) is 1. The van der Waals surface area contributed by atoms with Crippen molar-refractivity contribution in [2.75, 3.05) is 0 Å². The summed E-state index contributed by atoms with van der Waals surface area (Å²) in [4.78, 5) is 12.0. The van der Waals surface area contributed by atoms with Crippen LogP contribution in [0.3, 0.4) is 0 Å². The molecule has 0 bridgehead atoms. The van der Waals surface area contributed by atoms with E-state index in [2.05, 4.69) is 13.5 Å². The Kier molecular flexibility index (Phi) is 5.11. The minimum atomic E-state index is -0.413. The molecule has 0 heterocycles. The topological polar surface area (TPSA) is 52.3 Å². The molecule has 0 atom stereocenters. The van der Waals surface area contributed by atoms with Crippen LogP contribution in [0.1, 0.15) is 71.1 Å².